The van der Waals surface area contributed by atoms with Crippen molar-refractivity contribution in [1.82, 2.24) is 9.55 Å². The summed E-state index contributed by atoms with van der Waals surface area (Å²) < 4.78 is 13.9. The van der Waals surface area contributed by atoms with Crippen LogP contribution in [0.5, 0.6) is 0 Å². The molecule has 3 atom stereocenters. The Labute approximate surface area is 152 Å². The number of carbonyl (C=O) groups is 1. The Kier molecular flexibility index (Phi) is 5.34. The molecule has 1 unspecified atom stereocenters. The highest BCUT2D eigenvalue weighted by molar-refractivity contribution is 5.88. The van der Waals surface area contributed by atoms with Crippen LogP contribution in [0.2, 0.25) is 0 Å². The molecule has 2 aromatic rings. The highest BCUT2D eigenvalue weighted by atomic mass is 16.6. The van der Waals surface area contributed by atoms with Crippen molar-refractivity contribution < 1.29 is 18.8 Å². The molecule has 3 rings (SSSR count). The van der Waals surface area contributed by atoms with Gasteiger partial charge in [0.25, 0.3) is 5.56 Å². The average Bonchev–Trinajstić information content (AvgIpc) is 3.02. The molecule has 11 heteroatoms. The summed E-state index contributed by atoms with van der Waals surface area (Å²) in [5.74, 6) is -0.542. The van der Waals surface area contributed by atoms with Crippen LogP contribution in [0.1, 0.15) is 23.0 Å². The minimum absolute atomic E-state index is 0.143. The summed E-state index contributed by atoms with van der Waals surface area (Å²) in [5, 5.41) is 3.67. The maximum Gasteiger partial charge on any atom is 0.344 e. The first-order valence-electron chi connectivity index (χ1n) is 8.11. The van der Waals surface area contributed by atoms with E-state index in [0.717, 1.165) is 0 Å². The molecule has 0 radical (unpaired) electrons. The molecule has 1 saturated heterocycles. The summed E-state index contributed by atoms with van der Waals surface area (Å²) in [6, 6.07) is 3.89. The second kappa shape index (κ2) is 7.85. The van der Waals surface area contributed by atoms with Gasteiger partial charge in [-0.2, -0.15) is 0 Å². The maximum absolute atomic E-state index is 12.2. The number of carbonyl (C=O) groups excluding carboxylic acids is 1. The Hall–Kier alpha value is -3.43. The number of aryl methyl sites for hydroxylation is 1. The number of ether oxygens (including phenoxy) is 2. The van der Waals surface area contributed by atoms with Gasteiger partial charge in [-0.15, -0.1) is 0 Å². The first-order valence-corrected chi connectivity index (χ1v) is 8.11. The molecule has 11 nitrogen and oxygen atoms in total. The van der Waals surface area contributed by atoms with Crippen LogP contribution >= 0.6 is 0 Å². The standard InChI is InChI=1S/C16H16N6O5/c1-21-5-2-3-10(8-21)15(24)26-9-12-11(19-20-17)7-14(27-12)22-6-4-13(23)18-16(22)25/h2-6,8,11-12,14H,7,9H2,1H3/p+1/t11?,12-,14-/m1/s1. The third-order valence-electron chi connectivity index (χ3n) is 4.12. The van der Waals surface area contributed by atoms with Crippen LogP contribution in [0.4, 0.5) is 0 Å². The van der Waals surface area contributed by atoms with E-state index in [1.807, 2.05) is 0 Å². The van der Waals surface area contributed by atoms with Crippen molar-refractivity contribution in [3.05, 3.63) is 73.6 Å². The number of aromatic amines is 1. The molecule has 0 bridgehead atoms. The smallest absolute Gasteiger partial charge is 0.344 e. The number of pyridine rings is 1. The van der Waals surface area contributed by atoms with E-state index in [9.17, 15) is 14.4 Å². The summed E-state index contributed by atoms with van der Waals surface area (Å²) in [6.07, 6.45) is 3.44. The minimum Gasteiger partial charge on any atom is -0.459 e. The molecular weight excluding hydrogens is 356 g/mol. The fraction of sp³-hybridized carbons (Fsp3) is 0.375. The summed E-state index contributed by atoms with van der Waals surface area (Å²) in [7, 11) is 1.78. The zero-order valence-electron chi connectivity index (χ0n) is 14.4. The molecule has 2 aromatic heterocycles. The molecule has 1 aliphatic heterocycles. The monoisotopic (exact) mass is 373 g/mol. The maximum atomic E-state index is 12.2. The van der Waals surface area contributed by atoms with Crippen LogP contribution in [0.3, 0.4) is 0 Å². The van der Waals surface area contributed by atoms with E-state index in [0.29, 0.717) is 5.56 Å². The lowest BCUT2D eigenvalue weighted by molar-refractivity contribution is -0.671. The Morgan fingerprint density at radius 3 is 3.04 bits per heavy atom. The second-order valence-electron chi connectivity index (χ2n) is 6.01. The van der Waals surface area contributed by atoms with Gasteiger partial charge in [-0.25, -0.2) is 14.2 Å². The van der Waals surface area contributed by atoms with Crippen LogP contribution in [-0.4, -0.2) is 34.3 Å². The van der Waals surface area contributed by atoms with Gasteiger partial charge < -0.3 is 9.47 Å². The highest BCUT2D eigenvalue weighted by Crippen LogP contribution is 2.30. The summed E-state index contributed by atoms with van der Waals surface area (Å²) in [6.45, 7) is -0.143. The van der Waals surface area contributed by atoms with Gasteiger partial charge in [0.15, 0.2) is 12.4 Å². The van der Waals surface area contributed by atoms with Crippen LogP contribution < -0.4 is 15.8 Å². The number of H-pyrrole nitrogens is 1. The lowest BCUT2D eigenvalue weighted by atomic mass is 10.1. The molecule has 0 spiro atoms. The predicted molar refractivity (Wildman–Crippen MR) is 90.7 cm³/mol. The SMILES string of the molecule is C[n+]1cccc(C(=O)OC[C@H]2O[C@@H](n3ccc(=O)[nH]c3=O)CC2N=[N+]=[N-])c1. The Balaban J connectivity index is 1.72. The lowest BCUT2D eigenvalue weighted by Crippen LogP contribution is -2.32. The number of rotatable bonds is 5. The Bertz CT molecular complexity index is 1010. The molecule has 0 aromatic carbocycles. The van der Waals surface area contributed by atoms with Crippen molar-refractivity contribution in [1.29, 1.82) is 0 Å². The molecule has 1 aliphatic rings. The number of hydrogen-bond acceptors (Lipinski definition) is 6. The predicted octanol–water partition coefficient (Wildman–Crippen LogP) is 0.184. The number of azide groups is 1. The number of nitrogens with one attached hydrogen (secondary N) is 1. The topological polar surface area (TPSA) is 143 Å². The largest absolute Gasteiger partial charge is 0.459 e. The molecule has 0 aliphatic carbocycles. The van der Waals surface area contributed by atoms with Gasteiger partial charge in [0, 0.05) is 29.7 Å². The van der Waals surface area contributed by atoms with Gasteiger partial charge in [0.05, 0.1) is 6.04 Å². The molecular formula is C16H17N6O5+. The third-order valence-corrected chi connectivity index (χ3v) is 4.12. The summed E-state index contributed by atoms with van der Waals surface area (Å²) in [5.41, 5.74) is 7.96. The van der Waals surface area contributed by atoms with E-state index in [-0.39, 0.29) is 13.0 Å². The average molecular weight is 373 g/mol. The first-order chi connectivity index (χ1) is 13.0. The van der Waals surface area contributed by atoms with Crippen molar-refractivity contribution in [3.63, 3.8) is 0 Å². The quantitative estimate of drug-likeness (QED) is 0.261. The first kappa shape index (κ1) is 18.4. The van der Waals surface area contributed by atoms with E-state index in [4.69, 9.17) is 15.0 Å². The van der Waals surface area contributed by atoms with Crippen LogP contribution in [0.25, 0.3) is 10.4 Å². The van der Waals surface area contributed by atoms with Crippen molar-refractivity contribution in [2.45, 2.75) is 24.8 Å². The van der Waals surface area contributed by atoms with Gasteiger partial charge >= 0.3 is 11.7 Å². The fourth-order valence-corrected chi connectivity index (χ4v) is 2.83. The molecule has 0 amide bonds. The van der Waals surface area contributed by atoms with Gasteiger partial charge in [-0.1, -0.05) is 5.11 Å². The van der Waals surface area contributed by atoms with Crippen LogP contribution in [-0.2, 0) is 16.5 Å². The van der Waals surface area contributed by atoms with Crippen molar-refractivity contribution in [2.24, 2.45) is 12.2 Å². The number of aromatic nitrogens is 3. The fourth-order valence-electron chi connectivity index (χ4n) is 2.83. The van der Waals surface area contributed by atoms with Gasteiger partial charge in [-0.05, 0) is 11.6 Å². The Morgan fingerprint density at radius 2 is 2.33 bits per heavy atom. The molecule has 140 valence electrons. The second-order valence-corrected chi connectivity index (χ2v) is 6.01. The van der Waals surface area contributed by atoms with Crippen LogP contribution in [0.15, 0.2) is 51.5 Å². The zero-order chi connectivity index (χ0) is 19.4. The molecule has 1 N–H and O–H groups in total. The zero-order valence-corrected chi connectivity index (χ0v) is 14.4. The Morgan fingerprint density at radius 1 is 1.52 bits per heavy atom. The van der Waals surface area contributed by atoms with Gasteiger partial charge in [0.1, 0.15) is 31.5 Å². The normalized spacial score (nSPS) is 21.4. The molecule has 27 heavy (non-hydrogen) atoms. The van der Waals surface area contributed by atoms with E-state index < -0.39 is 35.6 Å². The van der Waals surface area contributed by atoms with Crippen molar-refractivity contribution >= 4 is 5.97 Å². The van der Waals surface area contributed by atoms with Gasteiger partial charge in [0.2, 0.25) is 0 Å². The lowest BCUT2D eigenvalue weighted by Gasteiger charge is -2.16. The molecule has 0 saturated carbocycles. The minimum atomic E-state index is -0.747. The van der Waals surface area contributed by atoms with Crippen LogP contribution in [0, 0.1) is 0 Å². The van der Waals surface area contributed by atoms with E-state index in [1.54, 1.807) is 36.1 Å². The number of hydrogen-bond donors (Lipinski definition) is 1. The molecule has 3 heterocycles. The summed E-state index contributed by atoms with van der Waals surface area (Å²) >= 11 is 0. The van der Waals surface area contributed by atoms with E-state index in [2.05, 4.69) is 15.0 Å². The number of nitrogens with zero attached hydrogens (tertiary/aromatic N) is 5. The van der Waals surface area contributed by atoms with E-state index >= 15 is 0 Å². The van der Waals surface area contributed by atoms with Gasteiger partial charge in [-0.3, -0.25) is 14.3 Å². The van der Waals surface area contributed by atoms with Crippen molar-refractivity contribution in [3.8, 4) is 0 Å². The number of esters is 1. The highest BCUT2D eigenvalue weighted by Gasteiger charge is 2.37. The molecule has 1 fully saturated rings. The van der Waals surface area contributed by atoms with E-state index in [1.165, 1.54) is 16.8 Å². The summed E-state index contributed by atoms with van der Waals surface area (Å²) in [4.78, 5) is 40.2. The van der Waals surface area contributed by atoms with Crippen molar-refractivity contribution in [2.75, 3.05) is 6.61 Å². The third kappa shape index (κ3) is 4.22.